The predicted octanol–water partition coefficient (Wildman–Crippen LogP) is 2.51. The molecule has 0 saturated carbocycles. The lowest BCUT2D eigenvalue weighted by atomic mass is 10.0. The number of aryl methyl sites for hydroxylation is 1. The molecule has 1 aromatic rings. The standard InChI is InChI=1S/C25H43N5O2/c1-22-6-3-7-24(20-22)30-15-13-29(14-16-30)12-4-10-27-25(26-2)28-11-5-17-32-21-23-8-18-31-19-9-23/h3,6-7,20,23H,4-5,8-19,21H2,1-2H3,(H2,26,27,28). The maximum Gasteiger partial charge on any atom is 0.190 e. The van der Waals surface area contributed by atoms with Crippen molar-refractivity contribution < 1.29 is 9.47 Å². The van der Waals surface area contributed by atoms with E-state index in [9.17, 15) is 0 Å². The first-order chi connectivity index (χ1) is 15.7. The second kappa shape index (κ2) is 14.3. The van der Waals surface area contributed by atoms with Crippen molar-refractivity contribution in [2.45, 2.75) is 32.6 Å². The quantitative estimate of drug-likeness (QED) is 0.310. The summed E-state index contributed by atoms with van der Waals surface area (Å²) in [7, 11) is 1.83. The van der Waals surface area contributed by atoms with Gasteiger partial charge in [-0.1, -0.05) is 12.1 Å². The Kier molecular flexibility index (Phi) is 11.1. The number of hydrogen-bond donors (Lipinski definition) is 2. The summed E-state index contributed by atoms with van der Waals surface area (Å²) in [5.74, 6) is 1.57. The minimum absolute atomic E-state index is 0.677. The number of ether oxygens (including phenoxy) is 2. The smallest absolute Gasteiger partial charge is 0.190 e. The van der Waals surface area contributed by atoms with Gasteiger partial charge in [-0.15, -0.1) is 0 Å². The van der Waals surface area contributed by atoms with Gasteiger partial charge in [0.2, 0.25) is 0 Å². The van der Waals surface area contributed by atoms with E-state index < -0.39 is 0 Å². The van der Waals surface area contributed by atoms with E-state index in [1.807, 2.05) is 7.05 Å². The molecule has 2 N–H and O–H groups in total. The monoisotopic (exact) mass is 445 g/mol. The van der Waals surface area contributed by atoms with Gasteiger partial charge in [0, 0.05) is 78.4 Å². The van der Waals surface area contributed by atoms with Gasteiger partial charge in [0.25, 0.3) is 0 Å². The number of nitrogens with one attached hydrogen (secondary N) is 2. The molecule has 0 bridgehead atoms. The molecule has 2 aliphatic rings. The molecular weight excluding hydrogens is 402 g/mol. The van der Waals surface area contributed by atoms with Crippen LogP contribution < -0.4 is 15.5 Å². The highest BCUT2D eigenvalue weighted by atomic mass is 16.5. The van der Waals surface area contributed by atoms with Crippen LogP contribution in [0.15, 0.2) is 29.3 Å². The van der Waals surface area contributed by atoms with Gasteiger partial charge in [-0.3, -0.25) is 9.89 Å². The molecule has 0 atom stereocenters. The van der Waals surface area contributed by atoms with Crippen LogP contribution in [0.1, 0.15) is 31.2 Å². The molecule has 2 saturated heterocycles. The van der Waals surface area contributed by atoms with Crippen LogP contribution in [-0.2, 0) is 9.47 Å². The van der Waals surface area contributed by atoms with E-state index in [-0.39, 0.29) is 0 Å². The number of benzene rings is 1. The van der Waals surface area contributed by atoms with Crippen LogP contribution in [0.4, 0.5) is 5.69 Å². The molecule has 0 spiro atoms. The number of rotatable bonds is 11. The number of nitrogens with zero attached hydrogens (tertiary/aromatic N) is 3. The fourth-order valence-corrected chi connectivity index (χ4v) is 4.33. The lowest BCUT2D eigenvalue weighted by Crippen LogP contribution is -2.47. The summed E-state index contributed by atoms with van der Waals surface area (Å²) in [5.41, 5.74) is 2.69. The SMILES string of the molecule is CN=C(NCCCOCC1CCOCC1)NCCCN1CCN(c2cccc(C)c2)CC1. The summed E-state index contributed by atoms with van der Waals surface area (Å²) < 4.78 is 11.2. The van der Waals surface area contributed by atoms with Gasteiger partial charge < -0.3 is 25.0 Å². The first-order valence-corrected chi connectivity index (χ1v) is 12.4. The summed E-state index contributed by atoms with van der Waals surface area (Å²) in [6.45, 7) is 13.1. The molecule has 0 radical (unpaired) electrons. The fraction of sp³-hybridized carbons (Fsp3) is 0.720. The second-order valence-electron chi connectivity index (χ2n) is 8.93. The van der Waals surface area contributed by atoms with E-state index in [1.54, 1.807) is 0 Å². The van der Waals surface area contributed by atoms with Crippen molar-refractivity contribution in [1.82, 2.24) is 15.5 Å². The van der Waals surface area contributed by atoms with Crippen LogP contribution >= 0.6 is 0 Å². The van der Waals surface area contributed by atoms with Gasteiger partial charge in [-0.05, 0) is 62.8 Å². The largest absolute Gasteiger partial charge is 0.381 e. The first kappa shape index (κ1) is 24.8. The van der Waals surface area contributed by atoms with E-state index >= 15 is 0 Å². The van der Waals surface area contributed by atoms with Crippen LogP contribution in [-0.4, -0.2) is 90.1 Å². The zero-order chi connectivity index (χ0) is 22.4. The third-order valence-electron chi connectivity index (χ3n) is 6.36. The second-order valence-corrected chi connectivity index (χ2v) is 8.93. The summed E-state index contributed by atoms with van der Waals surface area (Å²) in [6, 6.07) is 8.84. The molecular formula is C25H43N5O2. The minimum Gasteiger partial charge on any atom is -0.381 e. The van der Waals surface area contributed by atoms with Crippen molar-refractivity contribution in [2.24, 2.45) is 10.9 Å². The zero-order valence-corrected chi connectivity index (χ0v) is 20.2. The Balaban J connectivity index is 1.18. The van der Waals surface area contributed by atoms with E-state index in [2.05, 4.69) is 56.6 Å². The molecule has 7 nitrogen and oxygen atoms in total. The van der Waals surface area contributed by atoms with Crippen LogP contribution in [0.2, 0.25) is 0 Å². The Labute approximate surface area is 194 Å². The fourth-order valence-electron chi connectivity index (χ4n) is 4.33. The molecule has 0 amide bonds. The van der Waals surface area contributed by atoms with Gasteiger partial charge >= 0.3 is 0 Å². The van der Waals surface area contributed by atoms with Gasteiger partial charge in [0.1, 0.15) is 0 Å². The van der Waals surface area contributed by atoms with E-state index in [0.717, 1.165) is 104 Å². The van der Waals surface area contributed by atoms with Gasteiger partial charge in [0.15, 0.2) is 5.96 Å². The zero-order valence-electron chi connectivity index (χ0n) is 20.2. The average molecular weight is 446 g/mol. The lowest BCUT2D eigenvalue weighted by molar-refractivity contribution is 0.0203. The van der Waals surface area contributed by atoms with Crippen molar-refractivity contribution >= 4 is 11.6 Å². The summed E-state index contributed by atoms with van der Waals surface area (Å²) in [5, 5.41) is 6.83. The maximum absolute atomic E-state index is 5.83. The molecule has 2 heterocycles. The summed E-state index contributed by atoms with van der Waals surface area (Å²) in [4.78, 5) is 9.40. The van der Waals surface area contributed by atoms with Gasteiger partial charge in [0.05, 0.1) is 0 Å². The van der Waals surface area contributed by atoms with Crippen molar-refractivity contribution in [1.29, 1.82) is 0 Å². The van der Waals surface area contributed by atoms with Crippen LogP contribution in [0.5, 0.6) is 0 Å². The van der Waals surface area contributed by atoms with Gasteiger partial charge in [-0.2, -0.15) is 0 Å². The minimum atomic E-state index is 0.677. The molecule has 0 aromatic heterocycles. The number of hydrogen-bond acceptors (Lipinski definition) is 5. The summed E-state index contributed by atoms with van der Waals surface area (Å²) in [6.07, 6.45) is 4.39. The molecule has 2 aliphatic heterocycles. The third-order valence-corrected chi connectivity index (χ3v) is 6.36. The Bertz CT molecular complexity index is 670. The Morgan fingerprint density at radius 1 is 1.09 bits per heavy atom. The Morgan fingerprint density at radius 2 is 1.84 bits per heavy atom. The third kappa shape index (κ3) is 8.96. The lowest BCUT2D eigenvalue weighted by Gasteiger charge is -2.36. The Hall–Kier alpha value is -1.83. The summed E-state index contributed by atoms with van der Waals surface area (Å²) >= 11 is 0. The van der Waals surface area contributed by atoms with E-state index in [0.29, 0.717) is 5.92 Å². The van der Waals surface area contributed by atoms with Crippen LogP contribution in [0.25, 0.3) is 0 Å². The maximum atomic E-state index is 5.83. The van der Waals surface area contributed by atoms with Crippen molar-refractivity contribution in [3.63, 3.8) is 0 Å². The molecule has 0 unspecified atom stereocenters. The molecule has 3 rings (SSSR count). The van der Waals surface area contributed by atoms with E-state index in [1.165, 1.54) is 11.3 Å². The van der Waals surface area contributed by atoms with E-state index in [4.69, 9.17) is 9.47 Å². The highest BCUT2D eigenvalue weighted by molar-refractivity contribution is 5.79. The highest BCUT2D eigenvalue weighted by Crippen LogP contribution is 2.18. The first-order valence-electron chi connectivity index (χ1n) is 12.4. The van der Waals surface area contributed by atoms with Crippen LogP contribution in [0, 0.1) is 12.8 Å². The van der Waals surface area contributed by atoms with Crippen molar-refractivity contribution in [2.75, 3.05) is 84.2 Å². The predicted molar refractivity (Wildman–Crippen MR) is 133 cm³/mol. The molecule has 0 aliphatic carbocycles. The number of piperazine rings is 1. The molecule has 1 aromatic carbocycles. The number of aliphatic imine (C=N–C) groups is 1. The molecule has 32 heavy (non-hydrogen) atoms. The number of guanidine groups is 1. The normalized spacial score (nSPS) is 18.7. The van der Waals surface area contributed by atoms with Gasteiger partial charge in [-0.25, -0.2) is 0 Å². The molecule has 2 fully saturated rings. The topological polar surface area (TPSA) is 61.4 Å². The van der Waals surface area contributed by atoms with Crippen LogP contribution in [0.3, 0.4) is 0 Å². The molecule has 180 valence electrons. The molecule has 7 heteroatoms. The van der Waals surface area contributed by atoms with Crippen molar-refractivity contribution in [3.05, 3.63) is 29.8 Å². The average Bonchev–Trinajstić information content (AvgIpc) is 2.83. The Morgan fingerprint density at radius 3 is 2.56 bits per heavy atom. The number of anilines is 1. The van der Waals surface area contributed by atoms with Crippen molar-refractivity contribution in [3.8, 4) is 0 Å². The highest BCUT2D eigenvalue weighted by Gasteiger charge is 2.17.